The molecule has 0 spiro atoms. The van der Waals surface area contributed by atoms with Crippen molar-refractivity contribution >= 4 is 34.1 Å². The number of methoxy groups -OCH3 is 1. The SMILES string of the molecule is COC(=O)c1cccc(Br)c1C=NNC(N)=O. The number of nitrogens with one attached hydrogen (secondary N) is 1. The summed E-state index contributed by atoms with van der Waals surface area (Å²) in [4.78, 5) is 21.9. The molecule has 90 valence electrons. The zero-order valence-corrected chi connectivity index (χ0v) is 10.5. The van der Waals surface area contributed by atoms with Gasteiger partial charge >= 0.3 is 12.0 Å². The minimum Gasteiger partial charge on any atom is -0.465 e. The van der Waals surface area contributed by atoms with Crippen LogP contribution < -0.4 is 11.2 Å². The van der Waals surface area contributed by atoms with Gasteiger partial charge in [-0.05, 0) is 12.1 Å². The average molecular weight is 300 g/mol. The molecular formula is C10H10BrN3O3. The van der Waals surface area contributed by atoms with Gasteiger partial charge in [-0.25, -0.2) is 15.0 Å². The number of amides is 2. The lowest BCUT2D eigenvalue weighted by atomic mass is 10.1. The smallest absolute Gasteiger partial charge is 0.338 e. The quantitative estimate of drug-likeness (QED) is 0.499. The van der Waals surface area contributed by atoms with Gasteiger partial charge in [-0.2, -0.15) is 5.10 Å². The van der Waals surface area contributed by atoms with Crippen LogP contribution in [0.1, 0.15) is 15.9 Å². The van der Waals surface area contributed by atoms with Crippen molar-refractivity contribution in [2.45, 2.75) is 0 Å². The predicted octanol–water partition coefficient (Wildman–Crippen LogP) is 1.24. The van der Waals surface area contributed by atoms with Crippen LogP contribution in [0.15, 0.2) is 27.8 Å². The minimum absolute atomic E-state index is 0.330. The third-order valence-electron chi connectivity index (χ3n) is 1.83. The maximum atomic E-state index is 11.5. The predicted molar refractivity (Wildman–Crippen MR) is 65.8 cm³/mol. The molecule has 0 aliphatic rings. The van der Waals surface area contributed by atoms with Crippen LogP contribution in [0, 0.1) is 0 Å². The number of carbonyl (C=O) groups is 2. The number of urea groups is 1. The van der Waals surface area contributed by atoms with E-state index in [0.29, 0.717) is 15.6 Å². The van der Waals surface area contributed by atoms with Crippen molar-refractivity contribution in [2.24, 2.45) is 10.8 Å². The number of ether oxygens (including phenoxy) is 1. The van der Waals surface area contributed by atoms with E-state index in [1.165, 1.54) is 13.3 Å². The summed E-state index contributed by atoms with van der Waals surface area (Å²) in [6.07, 6.45) is 1.31. The molecule has 0 fully saturated rings. The fraction of sp³-hybridized carbons (Fsp3) is 0.100. The van der Waals surface area contributed by atoms with E-state index in [1.807, 2.05) is 5.43 Å². The molecule has 6 nitrogen and oxygen atoms in total. The molecule has 0 heterocycles. The number of esters is 1. The van der Waals surface area contributed by atoms with Gasteiger partial charge in [0.15, 0.2) is 0 Å². The molecule has 0 saturated heterocycles. The Bertz CT molecular complexity index is 474. The molecule has 0 unspecified atom stereocenters. The second-order valence-electron chi connectivity index (χ2n) is 2.93. The van der Waals surface area contributed by atoms with Crippen LogP contribution in [-0.2, 0) is 4.74 Å². The second-order valence-corrected chi connectivity index (χ2v) is 3.78. The molecule has 0 aromatic heterocycles. The van der Waals surface area contributed by atoms with Gasteiger partial charge < -0.3 is 10.5 Å². The van der Waals surface area contributed by atoms with E-state index < -0.39 is 12.0 Å². The van der Waals surface area contributed by atoms with E-state index >= 15 is 0 Å². The number of hydrogen-bond acceptors (Lipinski definition) is 4. The van der Waals surface area contributed by atoms with Gasteiger partial charge in [0.25, 0.3) is 0 Å². The third kappa shape index (κ3) is 3.56. The van der Waals surface area contributed by atoms with Crippen LogP contribution in [0.5, 0.6) is 0 Å². The highest BCUT2D eigenvalue weighted by atomic mass is 79.9. The fourth-order valence-electron chi connectivity index (χ4n) is 1.12. The molecule has 1 aromatic carbocycles. The molecule has 0 radical (unpaired) electrons. The van der Waals surface area contributed by atoms with Crippen LogP contribution >= 0.6 is 15.9 Å². The Morgan fingerprint density at radius 3 is 2.82 bits per heavy atom. The van der Waals surface area contributed by atoms with E-state index in [4.69, 9.17) is 5.73 Å². The van der Waals surface area contributed by atoms with Crippen molar-refractivity contribution in [3.8, 4) is 0 Å². The molecule has 0 saturated carbocycles. The summed E-state index contributed by atoms with van der Waals surface area (Å²) in [7, 11) is 1.28. The van der Waals surface area contributed by atoms with Crippen LogP contribution in [0.2, 0.25) is 0 Å². The van der Waals surface area contributed by atoms with Crippen LogP contribution in [0.4, 0.5) is 4.79 Å². The molecule has 2 amide bonds. The standard InChI is InChI=1S/C10H10BrN3O3/c1-17-9(15)6-3-2-4-8(11)7(6)5-13-14-10(12)16/h2-5H,1H3,(H3,12,14,16). The Morgan fingerprint density at radius 1 is 1.53 bits per heavy atom. The van der Waals surface area contributed by atoms with Gasteiger partial charge in [0.05, 0.1) is 18.9 Å². The number of rotatable bonds is 3. The molecule has 0 aliphatic heterocycles. The van der Waals surface area contributed by atoms with Crippen molar-refractivity contribution in [1.29, 1.82) is 0 Å². The molecule has 1 rings (SSSR count). The molecular weight excluding hydrogens is 290 g/mol. The van der Waals surface area contributed by atoms with E-state index in [-0.39, 0.29) is 0 Å². The van der Waals surface area contributed by atoms with Gasteiger partial charge in [-0.15, -0.1) is 0 Å². The van der Waals surface area contributed by atoms with Gasteiger partial charge in [-0.3, -0.25) is 0 Å². The van der Waals surface area contributed by atoms with Crippen molar-refractivity contribution < 1.29 is 14.3 Å². The first-order valence-electron chi connectivity index (χ1n) is 4.51. The van der Waals surface area contributed by atoms with Gasteiger partial charge in [0.2, 0.25) is 0 Å². The Balaban J connectivity index is 3.07. The highest BCUT2D eigenvalue weighted by Crippen LogP contribution is 2.19. The number of primary amides is 1. The summed E-state index contributed by atoms with van der Waals surface area (Å²) in [5, 5.41) is 3.59. The summed E-state index contributed by atoms with van der Waals surface area (Å²) in [6, 6.07) is 4.23. The fourth-order valence-corrected chi connectivity index (χ4v) is 1.59. The summed E-state index contributed by atoms with van der Waals surface area (Å²) in [5.41, 5.74) is 7.72. The van der Waals surface area contributed by atoms with Crippen LogP contribution in [0.3, 0.4) is 0 Å². The number of halogens is 1. The van der Waals surface area contributed by atoms with Crippen molar-refractivity contribution in [1.82, 2.24) is 5.43 Å². The molecule has 3 N–H and O–H groups in total. The second kappa shape index (κ2) is 6.00. The number of carbonyl (C=O) groups excluding carboxylic acids is 2. The number of hydrogen-bond donors (Lipinski definition) is 2. The largest absolute Gasteiger partial charge is 0.465 e. The lowest BCUT2D eigenvalue weighted by molar-refractivity contribution is 0.0600. The average Bonchev–Trinajstić information content (AvgIpc) is 2.29. The number of hydrazone groups is 1. The summed E-state index contributed by atoms with van der Waals surface area (Å²) in [5.74, 6) is -0.494. The van der Waals surface area contributed by atoms with E-state index in [0.717, 1.165) is 0 Å². The monoisotopic (exact) mass is 299 g/mol. The molecule has 0 bridgehead atoms. The molecule has 17 heavy (non-hydrogen) atoms. The highest BCUT2D eigenvalue weighted by Gasteiger charge is 2.12. The summed E-state index contributed by atoms with van der Waals surface area (Å²) < 4.78 is 5.27. The first kappa shape index (κ1) is 13.2. The number of nitrogens with two attached hydrogens (primary N) is 1. The van der Waals surface area contributed by atoms with Crippen LogP contribution in [-0.4, -0.2) is 25.3 Å². The Hall–Kier alpha value is -1.89. The molecule has 1 aromatic rings. The highest BCUT2D eigenvalue weighted by molar-refractivity contribution is 9.10. The molecule has 7 heteroatoms. The molecule has 0 aliphatic carbocycles. The van der Waals surface area contributed by atoms with Crippen molar-refractivity contribution in [3.05, 3.63) is 33.8 Å². The Morgan fingerprint density at radius 2 is 2.24 bits per heavy atom. The van der Waals surface area contributed by atoms with Crippen molar-refractivity contribution in [2.75, 3.05) is 7.11 Å². The summed E-state index contributed by atoms with van der Waals surface area (Å²) >= 11 is 3.27. The molecule has 0 atom stereocenters. The van der Waals surface area contributed by atoms with E-state index in [2.05, 4.69) is 25.8 Å². The topological polar surface area (TPSA) is 93.8 Å². The Kier molecular flexibility index (Phi) is 4.65. The minimum atomic E-state index is -0.784. The third-order valence-corrected chi connectivity index (χ3v) is 2.52. The number of nitrogens with zero attached hydrogens (tertiary/aromatic N) is 1. The normalized spacial score (nSPS) is 10.2. The Labute approximate surface area is 106 Å². The van der Waals surface area contributed by atoms with Gasteiger partial charge in [0, 0.05) is 10.0 Å². The first-order valence-corrected chi connectivity index (χ1v) is 5.31. The van der Waals surface area contributed by atoms with E-state index in [9.17, 15) is 9.59 Å². The zero-order valence-electron chi connectivity index (χ0n) is 8.94. The lowest BCUT2D eigenvalue weighted by Gasteiger charge is -2.05. The van der Waals surface area contributed by atoms with E-state index in [1.54, 1.807) is 18.2 Å². The van der Waals surface area contributed by atoms with Crippen molar-refractivity contribution in [3.63, 3.8) is 0 Å². The van der Waals surface area contributed by atoms with Gasteiger partial charge in [0.1, 0.15) is 0 Å². The first-order chi connectivity index (χ1) is 8.06. The maximum Gasteiger partial charge on any atom is 0.338 e. The zero-order chi connectivity index (χ0) is 12.8. The lowest BCUT2D eigenvalue weighted by Crippen LogP contribution is -2.24. The van der Waals surface area contributed by atoms with Gasteiger partial charge in [-0.1, -0.05) is 22.0 Å². The van der Waals surface area contributed by atoms with Crippen LogP contribution in [0.25, 0.3) is 0 Å². The number of benzene rings is 1. The maximum absolute atomic E-state index is 11.5. The summed E-state index contributed by atoms with van der Waals surface area (Å²) in [6.45, 7) is 0.